The first kappa shape index (κ1) is 9.44. The largest absolute Gasteiger partial charge is 0.545 e. The Bertz CT molecular complexity index is 312. The highest BCUT2D eigenvalue weighted by atomic mass is 19.3. The number of carboxylic acid groups (broad SMARTS) is 1. The van der Waals surface area contributed by atoms with E-state index < -0.39 is 12.6 Å². The van der Waals surface area contributed by atoms with Crippen molar-refractivity contribution in [3.8, 4) is 5.75 Å². The summed E-state index contributed by atoms with van der Waals surface area (Å²) >= 11 is 0. The summed E-state index contributed by atoms with van der Waals surface area (Å²) in [7, 11) is 0. The molecule has 0 saturated heterocycles. The van der Waals surface area contributed by atoms with Gasteiger partial charge in [0.2, 0.25) is 0 Å². The number of carboxylic acids is 1. The number of ether oxygens (including phenoxy) is 1. The fraction of sp³-hybridized carbons (Fsp3) is 0.125. The average molecular weight is 187 g/mol. The van der Waals surface area contributed by atoms with Crippen LogP contribution in [0, 0.1) is 0 Å². The van der Waals surface area contributed by atoms with Crippen molar-refractivity contribution in [2.45, 2.75) is 6.61 Å². The minimum Gasteiger partial charge on any atom is -0.545 e. The van der Waals surface area contributed by atoms with Crippen LogP contribution in [0.3, 0.4) is 0 Å². The molecule has 0 atom stereocenters. The first-order chi connectivity index (χ1) is 6.09. The Labute approximate surface area is 72.6 Å². The molecule has 13 heavy (non-hydrogen) atoms. The van der Waals surface area contributed by atoms with Gasteiger partial charge in [0.15, 0.2) is 0 Å². The second-order valence-electron chi connectivity index (χ2n) is 2.19. The van der Waals surface area contributed by atoms with Crippen LogP contribution >= 0.6 is 0 Å². The SMILES string of the molecule is O=C([O-])c1cccc(OC(F)F)c1. The van der Waals surface area contributed by atoms with Crippen molar-refractivity contribution in [2.24, 2.45) is 0 Å². The average Bonchev–Trinajstić information content (AvgIpc) is 2.03. The highest BCUT2D eigenvalue weighted by Crippen LogP contribution is 2.15. The maximum Gasteiger partial charge on any atom is 0.387 e. The maximum absolute atomic E-state index is 11.7. The number of halogens is 2. The van der Waals surface area contributed by atoms with Crippen molar-refractivity contribution in [2.75, 3.05) is 0 Å². The molecule has 0 unspecified atom stereocenters. The Morgan fingerprint density at radius 1 is 1.46 bits per heavy atom. The molecule has 0 aliphatic heterocycles. The van der Waals surface area contributed by atoms with Crippen molar-refractivity contribution < 1.29 is 23.4 Å². The monoisotopic (exact) mass is 187 g/mol. The Kier molecular flexibility index (Phi) is 2.79. The molecule has 0 spiro atoms. The van der Waals surface area contributed by atoms with Crippen molar-refractivity contribution >= 4 is 5.97 Å². The summed E-state index contributed by atoms with van der Waals surface area (Å²) in [6.07, 6.45) is 0. The van der Waals surface area contributed by atoms with E-state index in [2.05, 4.69) is 4.74 Å². The summed E-state index contributed by atoms with van der Waals surface area (Å²) in [5.74, 6) is -1.63. The van der Waals surface area contributed by atoms with E-state index in [1.807, 2.05) is 0 Å². The Morgan fingerprint density at radius 2 is 2.15 bits per heavy atom. The number of hydrogen-bond donors (Lipinski definition) is 0. The van der Waals surface area contributed by atoms with E-state index in [0.29, 0.717) is 0 Å². The molecule has 0 fully saturated rings. The Morgan fingerprint density at radius 3 is 2.69 bits per heavy atom. The standard InChI is InChI=1S/C8H6F2O3/c9-8(10)13-6-3-1-2-5(4-6)7(11)12/h1-4,8H,(H,11,12)/p-1. The molecular formula is C8H5F2O3-. The van der Waals surface area contributed by atoms with E-state index in [9.17, 15) is 18.7 Å². The minimum absolute atomic E-state index is 0.196. The summed E-state index contributed by atoms with van der Waals surface area (Å²) in [5.41, 5.74) is -0.196. The fourth-order valence-electron chi connectivity index (χ4n) is 0.799. The summed E-state index contributed by atoms with van der Waals surface area (Å²) < 4.78 is 27.3. The molecule has 0 aliphatic rings. The summed E-state index contributed by atoms with van der Waals surface area (Å²) in [6, 6.07) is 4.73. The quantitative estimate of drug-likeness (QED) is 0.698. The zero-order valence-electron chi connectivity index (χ0n) is 6.37. The van der Waals surface area contributed by atoms with Gasteiger partial charge in [-0.15, -0.1) is 0 Å². The zero-order chi connectivity index (χ0) is 9.84. The van der Waals surface area contributed by atoms with Crippen molar-refractivity contribution in [1.29, 1.82) is 0 Å². The Balaban J connectivity index is 2.85. The number of aromatic carboxylic acids is 1. The number of carbonyl (C=O) groups excluding carboxylic acids is 1. The predicted molar refractivity (Wildman–Crippen MR) is 37.4 cm³/mol. The topological polar surface area (TPSA) is 49.4 Å². The van der Waals surface area contributed by atoms with E-state index in [1.54, 1.807) is 0 Å². The third-order valence-electron chi connectivity index (χ3n) is 1.29. The molecule has 1 aromatic rings. The van der Waals surface area contributed by atoms with Crippen LogP contribution < -0.4 is 9.84 Å². The van der Waals surface area contributed by atoms with Crippen LogP contribution in [-0.2, 0) is 0 Å². The van der Waals surface area contributed by atoms with Crippen LogP contribution in [0.25, 0.3) is 0 Å². The Hall–Kier alpha value is -1.65. The molecule has 3 nitrogen and oxygen atoms in total. The smallest absolute Gasteiger partial charge is 0.387 e. The molecule has 1 aromatic carbocycles. The summed E-state index contributed by atoms with van der Waals surface area (Å²) in [5, 5.41) is 10.3. The lowest BCUT2D eigenvalue weighted by molar-refractivity contribution is -0.255. The number of rotatable bonds is 3. The zero-order valence-corrected chi connectivity index (χ0v) is 6.37. The van der Waals surface area contributed by atoms with Crippen LogP contribution in [0.4, 0.5) is 8.78 Å². The van der Waals surface area contributed by atoms with Gasteiger partial charge in [-0.2, -0.15) is 8.78 Å². The van der Waals surface area contributed by atoms with Gasteiger partial charge in [-0.05, 0) is 12.1 Å². The lowest BCUT2D eigenvalue weighted by Crippen LogP contribution is -2.22. The molecule has 0 N–H and O–H groups in total. The molecule has 5 heteroatoms. The molecule has 0 saturated carbocycles. The lowest BCUT2D eigenvalue weighted by Gasteiger charge is -2.06. The van der Waals surface area contributed by atoms with Crippen LogP contribution in [0.5, 0.6) is 5.75 Å². The lowest BCUT2D eigenvalue weighted by atomic mass is 10.2. The third kappa shape index (κ3) is 2.70. The molecular weight excluding hydrogens is 182 g/mol. The van der Waals surface area contributed by atoms with Gasteiger partial charge in [-0.25, -0.2) is 0 Å². The molecule has 0 aliphatic carbocycles. The molecule has 70 valence electrons. The highest BCUT2D eigenvalue weighted by Gasteiger charge is 2.04. The highest BCUT2D eigenvalue weighted by molar-refractivity contribution is 5.86. The number of carbonyl (C=O) groups is 1. The van der Waals surface area contributed by atoms with Crippen molar-refractivity contribution in [1.82, 2.24) is 0 Å². The number of alkyl halides is 2. The maximum atomic E-state index is 11.7. The van der Waals surface area contributed by atoms with Gasteiger partial charge in [-0.3, -0.25) is 0 Å². The normalized spacial score (nSPS) is 10.1. The first-order valence-electron chi connectivity index (χ1n) is 3.36. The van der Waals surface area contributed by atoms with Gasteiger partial charge in [0.25, 0.3) is 0 Å². The third-order valence-corrected chi connectivity index (χ3v) is 1.29. The fourth-order valence-corrected chi connectivity index (χ4v) is 0.799. The van der Waals surface area contributed by atoms with Gasteiger partial charge in [0.1, 0.15) is 5.75 Å². The van der Waals surface area contributed by atoms with Crippen LogP contribution in [-0.4, -0.2) is 12.6 Å². The van der Waals surface area contributed by atoms with E-state index in [-0.39, 0.29) is 11.3 Å². The molecule has 1 rings (SSSR count). The van der Waals surface area contributed by atoms with Crippen LogP contribution in [0.1, 0.15) is 10.4 Å². The van der Waals surface area contributed by atoms with Crippen molar-refractivity contribution in [3.05, 3.63) is 29.8 Å². The summed E-state index contributed by atoms with van der Waals surface area (Å²) in [6.45, 7) is -2.96. The van der Waals surface area contributed by atoms with E-state index in [4.69, 9.17) is 0 Å². The van der Waals surface area contributed by atoms with Gasteiger partial charge in [0.05, 0.1) is 5.97 Å². The first-order valence-corrected chi connectivity index (χ1v) is 3.36. The molecule has 0 amide bonds. The second-order valence-corrected chi connectivity index (χ2v) is 2.19. The van der Waals surface area contributed by atoms with Crippen molar-refractivity contribution in [3.63, 3.8) is 0 Å². The van der Waals surface area contributed by atoms with Gasteiger partial charge in [0, 0.05) is 5.56 Å². The van der Waals surface area contributed by atoms with Gasteiger partial charge in [-0.1, -0.05) is 12.1 Å². The van der Waals surface area contributed by atoms with Gasteiger partial charge >= 0.3 is 6.61 Å². The molecule has 0 bridgehead atoms. The predicted octanol–water partition coefficient (Wildman–Crippen LogP) is 0.651. The van der Waals surface area contributed by atoms with Crippen LogP contribution in [0.2, 0.25) is 0 Å². The molecule has 0 aromatic heterocycles. The van der Waals surface area contributed by atoms with Crippen LogP contribution in [0.15, 0.2) is 24.3 Å². The molecule has 0 radical (unpaired) electrons. The number of benzene rings is 1. The van der Waals surface area contributed by atoms with E-state index in [0.717, 1.165) is 6.07 Å². The van der Waals surface area contributed by atoms with E-state index in [1.165, 1.54) is 18.2 Å². The molecule has 0 heterocycles. The van der Waals surface area contributed by atoms with E-state index >= 15 is 0 Å². The number of hydrogen-bond acceptors (Lipinski definition) is 3. The minimum atomic E-state index is -2.96. The van der Waals surface area contributed by atoms with Gasteiger partial charge < -0.3 is 14.6 Å². The second kappa shape index (κ2) is 3.84. The summed E-state index contributed by atoms with van der Waals surface area (Å²) in [4.78, 5) is 10.3.